The summed E-state index contributed by atoms with van der Waals surface area (Å²) < 4.78 is 11.2. The molecule has 0 bridgehead atoms. The molecule has 3 amide bonds. The Labute approximate surface area is 288 Å². The zero-order valence-corrected chi connectivity index (χ0v) is 29.4. The summed E-state index contributed by atoms with van der Waals surface area (Å²) in [7, 11) is 0. The van der Waals surface area contributed by atoms with Crippen LogP contribution in [0.5, 0.6) is 0 Å². The predicted molar refractivity (Wildman–Crippen MR) is 183 cm³/mol. The second-order valence-corrected chi connectivity index (χ2v) is 14.7. The summed E-state index contributed by atoms with van der Waals surface area (Å²) in [5.41, 5.74) is 0.543. The normalized spacial score (nSPS) is 18.0. The third-order valence-electron chi connectivity index (χ3n) is 8.75. The van der Waals surface area contributed by atoms with Crippen LogP contribution in [0.3, 0.4) is 0 Å². The van der Waals surface area contributed by atoms with E-state index in [2.05, 4.69) is 10.6 Å². The topological polar surface area (TPSA) is 131 Å². The summed E-state index contributed by atoms with van der Waals surface area (Å²) in [5.74, 6) is -3.03. The van der Waals surface area contributed by atoms with Gasteiger partial charge in [-0.1, -0.05) is 54.8 Å². The number of rotatable bonds is 12. The minimum Gasteiger partial charge on any atom is -0.461 e. The van der Waals surface area contributed by atoms with Crippen molar-refractivity contribution in [3.8, 4) is 0 Å². The Hall–Kier alpha value is -3.92. The van der Waals surface area contributed by atoms with Crippen molar-refractivity contribution in [2.45, 2.75) is 110 Å². The second kappa shape index (κ2) is 16.0. The molecule has 1 aliphatic carbocycles. The van der Waals surface area contributed by atoms with Crippen LogP contribution in [0.25, 0.3) is 0 Å². The Morgan fingerprint density at radius 1 is 1.02 bits per heavy atom. The minimum atomic E-state index is -0.975. The highest BCUT2D eigenvalue weighted by molar-refractivity contribution is 6.30. The molecular formula is C37H48ClN3O7. The number of anilines is 1. The first-order chi connectivity index (χ1) is 22.7. The fourth-order valence-corrected chi connectivity index (χ4v) is 6.70. The number of hydrogen-bond acceptors (Lipinski definition) is 7. The number of aryl methyl sites for hydroxylation is 1. The van der Waals surface area contributed by atoms with Gasteiger partial charge in [0.25, 0.3) is 0 Å². The van der Waals surface area contributed by atoms with Gasteiger partial charge in [-0.15, -0.1) is 0 Å². The van der Waals surface area contributed by atoms with Crippen molar-refractivity contribution in [1.29, 1.82) is 0 Å². The number of esters is 2. The first-order valence-electron chi connectivity index (χ1n) is 16.8. The number of carbonyl (C=O) groups excluding carboxylic acids is 5. The number of nitrogens with zero attached hydrogens (tertiary/aromatic N) is 1. The molecule has 10 nitrogen and oxygen atoms in total. The molecular weight excluding hydrogens is 634 g/mol. The highest BCUT2D eigenvalue weighted by Crippen LogP contribution is 2.45. The van der Waals surface area contributed by atoms with Gasteiger partial charge in [0.1, 0.15) is 24.8 Å². The number of para-hydroxylation sites is 1. The Kier molecular flexibility index (Phi) is 12.3. The number of carbonyl (C=O) groups is 5. The molecule has 2 aromatic carbocycles. The van der Waals surface area contributed by atoms with Crippen LogP contribution < -0.4 is 15.5 Å². The van der Waals surface area contributed by atoms with E-state index in [4.69, 9.17) is 21.1 Å². The molecule has 0 spiro atoms. The molecule has 2 aromatic rings. The smallest absolute Gasteiger partial charge is 0.326 e. The third-order valence-corrected chi connectivity index (χ3v) is 9.00. The van der Waals surface area contributed by atoms with E-state index in [1.165, 1.54) is 4.90 Å². The lowest BCUT2D eigenvalue weighted by molar-refractivity contribution is -0.154. The second-order valence-electron chi connectivity index (χ2n) is 14.3. The van der Waals surface area contributed by atoms with Gasteiger partial charge in [-0.05, 0) is 96.0 Å². The first-order valence-corrected chi connectivity index (χ1v) is 17.2. The first kappa shape index (κ1) is 36.9. The molecule has 4 rings (SSSR count). The Morgan fingerprint density at radius 2 is 1.69 bits per heavy atom. The third kappa shape index (κ3) is 10.0. The van der Waals surface area contributed by atoms with Gasteiger partial charge in [0.15, 0.2) is 0 Å². The van der Waals surface area contributed by atoms with Crippen LogP contribution in [0.4, 0.5) is 5.69 Å². The highest BCUT2D eigenvalue weighted by atomic mass is 35.5. The average molecular weight is 682 g/mol. The van der Waals surface area contributed by atoms with Crippen molar-refractivity contribution < 1.29 is 33.4 Å². The number of fused-ring (bicyclic) bond motifs is 1. The fraction of sp³-hybridized carbons (Fsp3) is 0.541. The van der Waals surface area contributed by atoms with E-state index in [-0.39, 0.29) is 43.8 Å². The van der Waals surface area contributed by atoms with Crippen molar-refractivity contribution in [2.75, 3.05) is 11.4 Å². The lowest BCUT2D eigenvalue weighted by Gasteiger charge is -2.33. The van der Waals surface area contributed by atoms with Crippen molar-refractivity contribution in [3.05, 3.63) is 64.7 Å². The van der Waals surface area contributed by atoms with Gasteiger partial charge in [0.05, 0.1) is 11.3 Å². The maximum Gasteiger partial charge on any atom is 0.326 e. The molecule has 0 saturated heterocycles. The Bertz CT molecular complexity index is 1480. The van der Waals surface area contributed by atoms with Crippen molar-refractivity contribution in [2.24, 2.45) is 11.3 Å². The predicted octanol–water partition coefficient (Wildman–Crippen LogP) is 5.67. The monoisotopic (exact) mass is 681 g/mol. The number of halogens is 1. The number of hydrogen-bond donors (Lipinski definition) is 2. The zero-order valence-electron chi connectivity index (χ0n) is 28.6. The van der Waals surface area contributed by atoms with E-state index in [0.717, 1.165) is 24.0 Å². The van der Waals surface area contributed by atoms with E-state index in [9.17, 15) is 24.0 Å². The van der Waals surface area contributed by atoms with Crippen molar-refractivity contribution in [1.82, 2.24) is 10.6 Å². The summed E-state index contributed by atoms with van der Waals surface area (Å²) in [6.45, 7) is 8.68. The number of nitrogens with one attached hydrogen (secondary N) is 2. The summed E-state index contributed by atoms with van der Waals surface area (Å²) >= 11 is 5.99. The van der Waals surface area contributed by atoms with Crippen molar-refractivity contribution in [3.63, 3.8) is 0 Å². The SMILES string of the molecule is CC(C)NC(=O)CC(CC1(C(=O)N[C@H]2CCc3ccccc3N(CC(=O)OC(C)(C)C)C2=O)CCCC1)C(=O)OCc1ccc(Cl)cc1. The van der Waals surface area contributed by atoms with Crippen LogP contribution in [0.15, 0.2) is 48.5 Å². The quantitative estimate of drug-likeness (QED) is 0.276. The van der Waals surface area contributed by atoms with E-state index < -0.39 is 40.8 Å². The van der Waals surface area contributed by atoms with Crippen LogP contribution in [-0.2, 0) is 46.5 Å². The summed E-state index contributed by atoms with van der Waals surface area (Å²) in [6, 6.07) is 13.3. The summed E-state index contributed by atoms with van der Waals surface area (Å²) in [4.78, 5) is 69.1. The minimum absolute atomic E-state index is 0.00210. The standard InChI is InChI=1S/C37H48ClN3O7/c1-24(2)39-31(42)20-27(34(45)47-23-25-12-15-28(38)16-13-25)21-37(18-8-9-19-37)35(46)40-29-17-14-26-10-6-7-11-30(26)41(33(29)44)22-32(43)48-36(3,4)5/h6-7,10-13,15-16,24,27,29H,8-9,14,17-23H2,1-5H3,(H,39,42)(H,40,46)/t27?,29-/m0/s1. The summed E-state index contributed by atoms with van der Waals surface area (Å²) in [6.07, 6.45) is 3.38. The number of amides is 3. The molecule has 2 N–H and O–H groups in total. The molecule has 1 unspecified atom stereocenters. The van der Waals surface area contributed by atoms with E-state index in [1.807, 2.05) is 32.0 Å². The summed E-state index contributed by atoms with van der Waals surface area (Å²) in [5, 5.41) is 6.43. The lowest BCUT2D eigenvalue weighted by Crippen LogP contribution is -2.53. The highest BCUT2D eigenvalue weighted by Gasteiger charge is 2.46. The molecule has 48 heavy (non-hydrogen) atoms. The van der Waals surface area contributed by atoms with Crippen molar-refractivity contribution >= 4 is 46.9 Å². The van der Waals surface area contributed by atoms with Crippen LogP contribution in [0.2, 0.25) is 5.02 Å². The molecule has 1 fully saturated rings. The molecule has 1 saturated carbocycles. The van der Waals surface area contributed by atoms with Gasteiger partial charge >= 0.3 is 11.9 Å². The molecule has 1 heterocycles. The molecule has 11 heteroatoms. The molecule has 0 radical (unpaired) electrons. The van der Waals surface area contributed by atoms with Gasteiger partial charge in [-0.2, -0.15) is 0 Å². The number of ether oxygens (including phenoxy) is 2. The molecule has 0 aromatic heterocycles. The fourth-order valence-electron chi connectivity index (χ4n) is 6.57. The van der Waals surface area contributed by atoms with Gasteiger partial charge in [0.2, 0.25) is 17.7 Å². The Balaban J connectivity index is 1.55. The van der Waals surface area contributed by atoms with Gasteiger partial charge in [-0.3, -0.25) is 28.9 Å². The van der Waals surface area contributed by atoms with Gasteiger partial charge in [0, 0.05) is 23.2 Å². The van der Waals surface area contributed by atoms with Crippen LogP contribution in [0, 0.1) is 11.3 Å². The number of benzene rings is 2. The molecule has 2 atom stereocenters. The molecule has 260 valence electrons. The molecule has 2 aliphatic rings. The zero-order chi connectivity index (χ0) is 35.1. The lowest BCUT2D eigenvalue weighted by atomic mass is 9.75. The van der Waals surface area contributed by atoms with Crippen LogP contribution >= 0.6 is 11.6 Å². The Morgan fingerprint density at radius 3 is 2.33 bits per heavy atom. The van der Waals surface area contributed by atoms with Crippen LogP contribution in [-0.4, -0.2) is 53.9 Å². The maximum absolute atomic E-state index is 14.3. The average Bonchev–Trinajstić information content (AvgIpc) is 3.45. The van der Waals surface area contributed by atoms with Crippen LogP contribution in [0.1, 0.15) is 90.7 Å². The van der Waals surface area contributed by atoms with E-state index >= 15 is 0 Å². The van der Waals surface area contributed by atoms with Gasteiger partial charge in [-0.25, -0.2) is 0 Å². The van der Waals surface area contributed by atoms with Gasteiger partial charge < -0.3 is 20.1 Å². The van der Waals surface area contributed by atoms with E-state index in [1.54, 1.807) is 51.1 Å². The largest absolute Gasteiger partial charge is 0.461 e. The maximum atomic E-state index is 14.3. The van der Waals surface area contributed by atoms with E-state index in [0.29, 0.717) is 36.4 Å². The molecule has 1 aliphatic heterocycles.